The smallest absolute Gasteiger partial charge is 0.121 e. The van der Waals surface area contributed by atoms with E-state index >= 15 is 0 Å². The van der Waals surface area contributed by atoms with Gasteiger partial charge in [0, 0.05) is 50.6 Å². The second-order valence-corrected chi connectivity index (χ2v) is 12.2. The van der Waals surface area contributed by atoms with Crippen molar-refractivity contribution in [1.82, 2.24) is 9.97 Å². The molecule has 8 aromatic rings. The fourth-order valence-corrected chi connectivity index (χ4v) is 5.66. The molecule has 8 rings (SSSR count). The van der Waals surface area contributed by atoms with E-state index in [4.69, 9.17) is 11.3 Å². The first-order chi connectivity index (χ1) is 24.2. The van der Waals surface area contributed by atoms with E-state index in [1.54, 1.807) is 63.4 Å². The van der Waals surface area contributed by atoms with Crippen molar-refractivity contribution in [3.63, 3.8) is 0 Å². The Labute approximate surface area is 294 Å². The molecule has 0 spiro atoms. The topological polar surface area (TPSA) is 38.9 Å². The van der Waals surface area contributed by atoms with Crippen molar-refractivity contribution in [3.8, 4) is 22.5 Å². The molecule has 0 N–H and O–H groups in total. The zero-order valence-electron chi connectivity index (χ0n) is 31.0. The predicted octanol–water partition coefficient (Wildman–Crippen LogP) is 11.3. The Balaban J connectivity index is 0.000000279. The van der Waals surface area contributed by atoms with E-state index in [-0.39, 0.29) is 37.0 Å². The SMILES string of the molecule is Fc1ccc[c-]c1-c1ccccn1.[2H]C([2H])([2H])c1cnc(-c2[c-]ccc3c2oc2cc4c(ccc5ccccc54)cc23)cc1C([2H])([2H])C(C)(C)C.[Ir]. The molecule has 3 nitrogen and oxygen atoms in total. The van der Waals surface area contributed by atoms with Crippen LogP contribution < -0.4 is 0 Å². The van der Waals surface area contributed by atoms with Crippen LogP contribution in [0.25, 0.3) is 66.0 Å². The molecule has 5 aromatic carbocycles. The largest absolute Gasteiger partial charge is 0.501 e. The van der Waals surface area contributed by atoms with E-state index in [1.165, 1.54) is 12.3 Å². The first-order valence-corrected chi connectivity index (χ1v) is 15.0. The molecular formula is C42H33FIrN2O-2. The van der Waals surface area contributed by atoms with E-state index in [1.807, 2.05) is 24.3 Å². The van der Waals surface area contributed by atoms with Crippen LogP contribution in [0.3, 0.4) is 0 Å². The monoisotopic (exact) mass is 798 g/mol. The summed E-state index contributed by atoms with van der Waals surface area (Å²) in [5, 5.41) is 6.36. The fraction of sp³-hybridized carbons (Fsp3) is 0.143. The van der Waals surface area contributed by atoms with Gasteiger partial charge in [-0.3, -0.25) is 4.39 Å². The quantitative estimate of drug-likeness (QED) is 0.132. The Morgan fingerprint density at radius 1 is 0.766 bits per heavy atom. The zero-order chi connectivity index (χ0) is 36.1. The van der Waals surface area contributed by atoms with E-state index in [0.717, 1.165) is 37.9 Å². The number of aryl methyl sites for hydroxylation is 1. The fourth-order valence-electron chi connectivity index (χ4n) is 5.66. The Hall–Kier alpha value is -4.70. The molecule has 0 atom stereocenters. The molecule has 0 amide bonds. The van der Waals surface area contributed by atoms with Gasteiger partial charge in [-0.2, -0.15) is 0 Å². The summed E-state index contributed by atoms with van der Waals surface area (Å²) in [5.74, 6) is -0.291. The maximum absolute atomic E-state index is 13.2. The Bertz CT molecular complexity index is 2560. The van der Waals surface area contributed by atoms with Crippen molar-refractivity contribution >= 4 is 43.5 Å². The number of fused-ring (bicyclic) bond motifs is 6. The van der Waals surface area contributed by atoms with Crippen LogP contribution in [0.2, 0.25) is 0 Å². The van der Waals surface area contributed by atoms with Crippen molar-refractivity contribution < 1.29 is 35.8 Å². The maximum Gasteiger partial charge on any atom is 0.121 e. The first kappa shape index (κ1) is 26.4. The third-order valence-electron chi connectivity index (χ3n) is 7.69. The molecule has 0 fully saturated rings. The van der Waals surface area contributed by atoms with Crippen LogP contribution >= 0.6 is 0 Å². The summed E-state index contributed by atoms with van der Waals surface area (Å²) in [7, 11) is 0. The minimum atomic E-state index is -2.50. The van der Waals surface area contributed by atoms with Gasteiger partial charge < -0.3 is 14.4 Å². The van der Waals surface area contributed by atoms with E-state index in [0.29, 0.717) is 28.1 Å². The summed E-state index contributed by atoms with van der Waals surface area (Å²) >= 11 is 0. The van der Waals surface area contributed by atoms with Crippen LogP contribution in [0.15, 0.2) is 120 Å². The first-order valence-electron chi connectivity index (χ1n) is 17.5. The molecular weight excluding hydrogens is 760 g/mol. The summed E-state index contributed by atoms with van der Waals surface area (Å²) in [4.78, 5) is 8.51. The van der Waals surface area contributed by atoms with Crippen molar-refractivity contribution in [2.24, 2.45) is 5.41 Å². The zero-order valence-corrected chi connectivity index (χ0v) is 28.4. The number of benzene rings is 5. The number of pyridine rings is 2. The standard InChI is InChI=1S/C31H26NO.C11H7FN.Ir/c1-19-18-32-28(15-22(19)17-31(2,3)4)25-11-7-10-24-27-14-21-13-12-20-8-5-6-9-23(20)26(21)16-29(27)33-30(24)25;12-10-6-2-1-5-9(10)11-7-3-4-8-13-11;/h5-10,12-16,18H,17H2,1-4H3;1-4,6-8H;/q2*-1;/i1D3,17D2;;. The van der Waals surface area contributed by atoms with Gasteiger partial charge in [-0.15, -0.1) is 42.5 Å². The molecule has 47 heavy (non-hydrogen) atoms. The minimum absolute atomic E-state index is 0. The van der Waals surface area contributed by atoms with Gasteiger partial charge >= 0.3 is 0 Å². The second-order valence-electron chi connectivity index (χ2n) is 12.2. The summed E-state index contributed by atoms with van der Waals surface area (Å²) in [5.41, 5.74) is 2.50. The van der Waals surface area contributed by atoms with Crippen molar-refractivity contribution in [1.29, 1.82) is 0 Å². The van der Waals surface area contributed by atoms with Gasteiger partial charge in [0.05, 0.1) is 5.58 Å². The summed E-state index contributed by atoms with van der Waals surface area (Å²) in [6.45, 7) is 2.78. The summed E-state index contributed by atoms with van der Waals surface area (Å²) in [6.07, 6.45) is 0.988. The van der Waals surface area contributed by atoms with Crippen molar-refractivity contribution in [2.45, 2.75) is 34.0 Å². The third-order valence-corrected chi connectivity index (χ3v) is 7.69. The molecule has 3 aromatic heterocycles. The molecule has 0 aliphatic heterocycles. The Morgan fingerprint density at radius 3 is 2.36 bits per heavy atom. The molecule has 0 bridgehead atoms. The second kappa shape index (κ2) is 13.2. The van der Waals surface area contributed by atoms with Crippen LogP contribution in [0, 0.1) is 30.2 Å². The third kappa shape index (κ3) is 6.60. The molecule has 1 radical (unpaired) electrons. The molecule has 0 unspecified atom stereocenters. The average molecular weight is 798 g/mol. The molecule has 0 aliphatic carbocycles. The van der Waals surface area contributed by atoms with E-state index in [2.05, 4.69) is 58.5 Å². The average Bonchev–Trinajstić information content (AvgIpc) is 3.48. The predicted molar refractivity (Wildman–Crippen MR) is 187 cm³/mol. The number of rotatable bonds is 3. The number of halogens is 1. The van der Waals surface area contributed by atoms with E-state index < -0.39 is 18.6 Å². The Morgan fingerprint density at radius 2 is 1.57 bits per heavy atom. The summed E-state index contributed by atoms with van der Waals surface area (Å²) in [6, 6.07) is 38.1. The van der Waals surface area contributed by atoms with Gasteiger partial charge in [-0.05, 0) is 75.3 Å². The molecule has 0 saturated heterocycles. The number of aromatic nitrogens is 2. The molecule has 5 heteroatoms. The van der Waals surface area contributed by atoms with Gasteiger partial charge in [-0.1, -0.05) is 97.4 Å². The van der Waals surface area contributed by atoms with Crippen LogP contribution in [0.1, 0.15) is 38.8 Å². The molecule has 3 heterocycles. The number of furan rings is 1. The molecule has 0 saturated carbocycles. The van der Waals surface area contributed by atoms with Gasteiger partial charge in [0.1, 0.15) is 5.58 Å². The molecule has 0 aliphatic rings. The van der Waals surface area contributed by atoms with Gasteiger partial charge in [0.2, 0.25) is 0 Å². The van der Waals surface area contributed by atoms with Crippen molar-refractivity contribution in [3.05, 3.63) is 145 Å². The van der Waals surface area contributed by atoms with Gasteiger partial charge in [-0.25, -0.2) is 0 Å². The van der Waals surface area contributed by atoms with Crippen molar-refractivity contribution in [2.75, 3.05) is 0 Å². The maximum atomic E-state index is 13.2. The van der Waals surface area contributed by atoms with Crippen LogP contribution in [0.5, 0.6) is 0 Å². The van der Waals surface area contributed by atoms with Gasteiger partial charge in [0.15, 0.2) is 0 Å². The van der Waals surface area contributed by atoms with Crippen LogP contribution in [0.4, 0.5) is 4.39 Å². The number of nitrogens with zero attached hydrogens (tertiary/aromatic N) is 2. The number of hydrogen-bond donors (Lipinski definition) is 0. The van der Waals surface area contributed by atoms with E-state index in [9.17, 15) is 4.39 Å². The summed E-state index contributed by atoms with van der Waals surface area (Å²) < 4.78 is 61.3. The molecule has 235 valence electrons. The normalized spacial score (nSPS) is 13.6. The Kier molecular flexibility index (Phi) is 7.40. The number of hydrogen-bond acceptors (Lipinski definition) is 3. The minimum Gasteiger partial charge on any atom is -0.501 e. The van der Waals surface area contributed by atoms with Crippen LogP contribution in [-0.2, 0) is 26.5 Å². The van der Waals surface area contributed by atoms with Crippen LogP contribution in [-0.4, -0.2) is 9.97 Å². The van der Waals surface area contributed by atoms with Gasteiger partial charge in [0.25, 0.3) is 0 Å².